The number of amides is 1. The quantitative estimate of drug-likeness (QED) is 0.615. The van der Waals surface area contributed by atoms with Crippen LogP contribution in [0, 0.1) is 11.3 Å². The van der Waals surface area contributed by atoms with E-state index in [1.165, 1.54) is 42.2 Å². The molecule has 0 fully saturated rings. The number of nitriles is 1. The summed E-state index contributed by atoms with van der Waals surface area (Å²) in [7, 11) is 0. The van der Waals surface area contributed by atoms with Crippen molar-refractivity contribution in [3.63, 3.8) is 0 Å². The number of ether oxygens (including phenoxy) is 1. The summed E-state index contributed by atoms with van der Waals surface area (Å²) in [4.78, 5) is 29.3. The van der Waals surface area contributed by atoms with Crippen molar-refractivity contribution in [1.82, 2.24) is 4.98 Å². The molecule has 0 radical (unpaired) electrons. The minimum Gasteiger partial charge on any atom is -0.444 e. The second-order valence-corrected chi connectivity index (χ2v) is 5.62. The zero-order chi connectivity index (χ0) is 17.5. The Bertz CT molecular complexity index is 793. The van der Waals surface area contributed by atoms with Crippen LogP contribution in [0.15, 0.2) is 41.8 Å². The third-order valence-corrected chi connectivity index (χ3v) is 3.74. The van der Waals surface area contributed by atoms with Gasteiger partial charge < -0.3 is 4.74 Å². The Kier molecular flexibility index (Phi) is 5.82. The van der Waals surface area contributed by atoms with Crippen molar-refractivity contribution < 1.29 is 14.3 Å². The highest BCUT2D eigenvalue weighted by molar-refractivity contribution is 7.14. The first-order valence-electron chi connectivity index (χ1n) is 7.11. The van der Waals surface area contributed by atoms with Gasteiger partial charge in [0.05, 0.1) is 11.4 Å². The van der Waals surface area contributed by atoms with Crippen LogP contribution in [0.2, 0.25) is 0 Å². The van der Waals surface area contributed by atoms with Crippen LogP contribution in [0.5, 0.6) is 0 Å². The molecule has 2 aromatic rings. The summed E-state index contributed by atoms with van der Waals surface area (Å²) in [6.07, 6.45) is 1.88. The Morgan fingerprint density at radius 1 is 1.38 bits per heavy atom. The Morgan fingerprint density at radius 2 is 2.08 bits per heavy atom. The number of carbonyl (C=O) groups excluding carboxylic acids is 2. The zero-order valence-electron chi connectivity index (χ0n) is 13.2. The number of thiazole rings is 1. The monoisotopic (exact) mass is 341 g/mol. The van der Waals surface area contributed by atoms with Gasteiger partial charge in [-0.15, -0.1) is 11.3 Å². The molecule has 0 aliphatic rings. The van der Waals surface area contributed by atoms with E-state index < -0.39 is 12.1 Å². The summed E-state index contributed by atoms with van der Waals surface area (Å²) in [6.45, 7) is 2.95. The molecule has 1 amide bonds. The van der Waals surface area contributed by atoms with Crippen molar-refractivity contribution >= 4 is 40.1 Å². The van der Waals surface area contributed by atoms with Gasteiger partial charge in [-0.2, -0.15) is 5.26 Å². The van der Waals surface area contributed by atoms with Gasteiger partial charge >= 0.3 is 5.97 Å². The molecule has 7 heteroatoms. The topological polar surface area (TPSA) is 83.3 Å². The number of anilines is 2. The molecule has 0 N–H and O–H groups in total. The van der Waals surface area contributed by atoms with Crippen LogP contribution in [-0.2, 0) is 14.3 Å². The van der Waals surface area contributed by atoms with Crippen LogP contribution in [0.1, 0.15) is 19.5 Å². The Morgan fingerprint density at radius 3 is 2.71 bits per heavy atom. The fraction of sp³-hybridized carbons (Fsp3) is 0.176. The average Bonchev–Trinajstić information content (AvgIpc) is 3.02. The molecule has 24 heavy (non-hydrogen) atoms. The van der Waals surface area contributed by atoms with Crippen LogP contribution < -0.4 is 4.90 Å². The third kappa shape index (κ3) is 4.51. The van der Waals surface area contributed by atoms with Gasteiger partial charge in [-0.25, -0.2) is 9.78 Å². The lowest BCUT2D eigenvalue weighted by Crippen LogP contribution is -2.22. The molecule has 6 nitrogen and oxygen atoms in total. The summed E-state index contributed by atoms with van der Waals surface area (Å²) in [5, 5.41) is 10.8. The van der Waals surface area contributed by atoms with Gasteiger partial charge in [0, 0.05) is 18.4 Å². The highest BCUT2D eigenvalue weighted by Gasteiger charge is 2.17. The third-order valence-electron chi connectivity index (χ3n) is 2.90. The number of esters is 1. The van der Waals surface area contributed by atoms with Gasteiger partial charge in [0.1, 0.15) is 6.07 Å². The van der Waals surface area contributed by atoms with E-state index in [1.54, 1.807) is 5.38 Å². The lowest BCUT2D eigenvalue weighted by molar-refractivity contribution is -0.139. The lowest BCUT2D eigenvalue weighted by Gasteiger charge is -2.17. The van der Waals surface area contributed by atoms with E-state index in [4.69, 9.17) is 10.00 Å². The standard InChI is InChI=1S/C17H15N3O3S/c1-12(10-18)23-16(22)9-8-14-11-24-17(19-14)20(13(2)21)15-6-4-3-5-7-15/h3-9,11-12H,1-2H3/b9-8+/t12-/m1/s1. The maximum absolute atomic E-state index is 11.9. The molecular formula is C17H15N3O3S. The molecule has 1 aromatic heterocycles. The molecule has 1 aromatic carbocycles. The highest BCUT2D eigenvalue weighted by Crippen LogP contribution is 2.28. The molecule has 0 aliphatic heterocycles. The minimum atomic E-state index is -0.806. The van der Waals surface area contributed by atoms with Crippen molar-refractivity contribution in [2.45, 2.75) is 20.0 Å². The zero-order valence-corrected chi connectivity index (χ0v) is 14.0. The summed E-state index contributed by atoms with van der Waals surface area (Å²) in [6, 6.07) is 11.0. The van der Waals surface area contributed by atoms with E-state index >= 15 is 0 Å². The molecule has 1 heterocycles. The SMILES string of the molecule is CC(=O)N(c1ccccc1)c1nc(/C=C/C(=O)O[C@H](C)C#N)cs1. The molecule has 0 bridgehead atoms. The minimum absolute atomic E-state index is 0.159. The summed E-state index contributed by atoms with van der Waals surface area (Å²) < 4.78 is 4.81. The number of rotatable bonds is 5. The summed E-state index contributed by atoms with van der Waals surface area (Å²) in [5.41, 5.74) is 1.25. The van der Waals surface area contributed by atoms with Crippen molar-refractivity contribution in [2.24, 2.45) is 0 Å². The van der Waals surface area contributed by atoms with E-state index in [9.17, 15) is 9.59 Å². The molecule has 0 saturated carbocycles. The summed E-state index contributed by atoms with van der Waals surface area (Å²) in [5.74, 6) is -0.779. The number of nitrogens with zero attached hydrogens (tertiary/aromatic N) is 3. The highest BCUT2D eigenvalue weighted by atomic mass is 32.1. The van der Waals surface area contributed by atoms with E-state index in [0.717, 1.165) is 5.69 Å². The van der Waals surface area contributed by atoms with Gasteiger partial charge in [-0.05, 0) is 25.1 Å². The Balaban J connectivity index is 2.16. The maximum atomic E-state index is 11.9. The van der Waals surface area contributed by atoms with E-state index in [2.05, 4.69) is 4.98 Å². The number of hydrogen-bond acceptors (Lipinski definition) is 6. The van der Waals surface area contributed by atoms with E-state index in [1.807, 2.05) is 36.4 Å². The molecule has 0 unspecified atom stereocenters. The van der Waals surface area contributed by atoms with Crippen LogP contribution >= 0.6 is 11.3 Å². The van der Waals surface area contributed by atoms with Crippen LogP contribution in [0.3, 0.4) is 0 Å². The predicted octanol–water partition coefficient (Wildman–Crippen LogP) is 3.30. The molecule has 0 saturated heterocycles. The van der Waals surface area contributed by atoms with Crippen molar-refractivity contribution in [3.8, 4) is 6.07 Å². The van der Waals surface area contributed by atoms with E-state index in [0.29, 0.717) is 10.8 Å². The van der Waals surface area contributed by atoms with Crippen molar-refractivity contribution in [2.75, 3.05) is 4.90 Å². The van der Waals surface area contributed by atoms with Gasteiger partial charge in [0.25, 0.3) is 0 Å². The van der Waals surface area contributed by atoms with Gasteiger partial charge in [-0.3, -0.25) is 9.69 Å². The normalized spacial score (nSPS) is 11.7. The van der Waals surface area contributed by atoms with E-state index in [-0.39, 0.29) is 5.91 Å². The fourth-order valence-electron chi connectivity index (χ4n) is 1.85. The second-order valence-electron chi connectivity index (χ2n) is 4.79. The van der Waals surface area contributed by atoms with Crippen LogP contribution in [-0.4, -0.2) is 23.0 Å². The average molecular weight is 341 g/mol. The van der Waals surface area contributed by atoms with Crippen molar-refractivity contribution in [1.29, 1.82) is 5.26 Å². The summed E-state index contributed by atoms with van der Waals surface area (Å²) >= 11 is 1.29. The van der Waals surface area contributed by atoms with Gasteiger partial charge in [0.2, 0.25) is 5.91 Å². The molecule has 122 valence electrons. The number of aromatic nitrogens is 1. The largest absolute Gasteiger partial charge is 0.444 e. The van der Waals surface area contributed by atoms with Crippen LogP contribution in [0.4, 0.5) is 10.8 Å². The predicted molar refractivity (Wildman–Crippen MR) is 91.6 cm³/mol. The smallest absolute Gasteiger partial charge is 0.332 e. The molecule has 1 atom stereocenters. The van der Waals surface area contributed by atoms with Gasteiger partial charge in [0.15, 0.2) is 11.2 Å². The Labute approximate surface area is 143 Å². The Hall–Kier alpha value is -2.98. The first kappa shape index (κ1) is 17.4. The fourth-order valence-corrected chi connectivity index (χ4v) is 2.71. The molecular weight excluding hydrogens is 326 g/mol. The maximum Gasteiger partial charge on any atom is 0.332 e. The first-order valence-corrected chi connectivity index (χ1v) is 7.99. The van der Waals surface area contributed by atoms with Crippen LogP contribution in [0.25, 0.3) is 6.08 Å². The number of carbonyl (C=O) groups is 2. The number of para-hydroxylation sites is 1. The first-order chi connectivity index (χ1) is 11.5. The second kappa shape index (κ2) is 8.04. The molecule has 0 aliphatic carbocycles. The molecule has 2 rings (SSSR count). The number of hydrogen-bond donors (Lipinski definition) is 0. The van der Waals surface area contributed by atoms with Crippen molar-refractivity contribution in [3.05, 3.63) is 47.5 Å². The molecule has 0 spiro atoms. The lowest BCUT2D eigenvalue weighted by atomic mass is 10.3. The van der Waals surface area contributed by atoms with Gasteiger partial charge in [-0.1, -0.05) is 18.2 Å². The number of benzene rings is 1.